The lowest BCUT2D eigenvalue weighted by Crippen LogP contribution is -2.28. The molecule has 0 radical (unpaired) electrons. The van der Waals surface area contributed by atoms with Gasteiger partial charge in [0.2, 0.25) is 0 Å². The van der Waals surface area contributed by atoms with Gasteiger partial charge < -0.3 is 0 Å². The van der Waals surface area contributed by atoms with Gasteiger partial charge in [-0.2, -0.15) is 0 Å². The van der Waals surface area contributed by atoms with Crippen LogP contribution in [0, 0.1) is 12.8 Å². The summed E-state index contributed by atoms with van der Waals surface area (Å²) in [6, 6.07) is 6.83. The second-order valence-corrected chi connectivity index (χ2v) is 8.21. The summed E-state index contributed by atoms with van der Waals surface area (Å²) in [5.41, 5.74) is 1.04. The van der Waals surface area contributed by atoms with Crippen molar-refractivity contribution in [3.63, 3.8) is 0 Å². The Morgan fingerprint density at radius 3 is 2.48 bits per heavy atom. The van der Waals surface area contributed by atoms with Crippen LogP contribution in [0.1, 0.15) is 57.4 Å². The highest BCUT2D eigenvalue weighted by Crippen LogP contribution is 2.27. The van der Waals surface area contributed by atoms with Gasteiger partial charge in [0.15, 0.2) is 0 Å². The number of rotatable bonds is 6. The summed E-state index contributed by atoms with van der Waals surface area (Å²) >= 11 is 0. The Labute approximate surface area is 140 Å². The molecule has 23 heavy (non-hydrogen) atoms. The van der Waals surface area contributed by atoms with Crippen LogP contribution in [0.25, 0.3) is 0 Å². The van der Waals surface area contributed by atoms with Crippen LogP contribution in [-0.2, 0) is 10.0 Å². The standard InChI is InChI=1S/C18H28N2O2S/c1-15-10-12-18(13-11-15)23(21,22)20-16(2)19-14-6-9-17-7-4-3-5-8-17/h10-13,17H,3-9,14H2,1-2H3,(H,19,20). The van der Waals surface area contributed by atoms with Crippen LogP contribution < -0.4 is 4.72 Å². The Morgan fingerprint density at radius 2 is 1.83 bits per heavy atom. The molecule has 1 N–H and O–H groups in total. The number of aryl methyl sites for hydroxylation is 1. The molecule has 2 rings (SSSR count). The number of benzene rings is 1. The topological polar surface area (TPSA) is 58.5 Å². The van der Waals surface area contributed by atoms with Crippen molar-refractivity contribution in [3.05, 3.63) is 29.8 Å². The van der Waals surface area contributed by atoms with Crippen molar-refractivity contribution in [2.75, 3.05) is 6.54 Å². The summed E-state index contributed by atoms with van der Waals surface area (Å²) in [6.45, 7) is 4.34. The molecule has 0 saturated heterocycles. The highest BCUT2D eigenvalue weighted by molar-refractivity contribution is 7.90. The first-order valence-corrected chi connectivity index (χ1v) is 10.1. The molecule has 4 nitrogen and oxygen atoms in total. The predicted octanol–water partition coefficient (Wildman–Crippen LogP) is 4.05. The maximum absolute atomic E-state index is 12.2. The quantitative estimate of drug-likeness (QED) is 0.484. The molecule has 1 fully saturated rings. The van der Waals surface area contributed by atoms with Gasteiger partial charge in [0.25, 0.3) is 10.0 Å². The van der Waals surface area contributed by atoms with Crippen LogP contribution in [0.3, 0.4) is 0 Å². The lowest BCUT2D eigenvalue weighted by Gasteiger charge is -2.20. The zero-order chi connectivity index (χ0) is 16.7. The summed E-state index contributed by atoms with van der Waals surface area (Å²) in [5.74, 6) is 1.32. The van der Waals surface area contributed by atoms with Crippen LogP contribution in [0.5, 0.6) is 0 Å². The van der Waals surface area contributed by atoms with E-state index in [2.05, 4.69) is 9.71 Å². The second-order valence-electron chi connectivity index (χ2n) is 6.53. The smallest absolute Gasteiger partial charge is 0.262 e. The Morgan fingerprint density at radius 1 is 1.17 bits per heavy atom. The summed E-state index contributed by atoms with van der Waals surface area (Å²) in [4.78, 5) is 4.64. The molecule has 0 heterocycles. The monoisotopic (exact) mass is 336 g/mol. The van der Waals surface area contributed by atoms with Crippen LogP contribution in [0.2, 0.25) is 0 Å². The lowest BCUT2D eigenvalue weighted by molar-refractivity contribution is 0.334. The van der Waals surface area contributed by atoms with Gasteiger partial charge in [-0.15, -0.1) is 0 Å². The Balaban J connectivity index is 1.80. The van der Waals surface area contributed by atoms with Gasteiger partial charge in [-0.05, 0) is 44.7 Å². The van der Waals surface area contributed by atoms with E-state index in [0.717, 1.165) is 17.9 Å². The molecular formula is C18H28N2O2S. The third kappa shape index (κ3) is 5.98. The highest BCUT2D eigenvalue weighted by atomic mass is 32.2. The summed E-state index contributed by atoms with van der Waals surface area (Å²) < 4.78 is 27.0. The Hall–Kier alpha value is -1.36. The number of amidine groups is 1. The molecule has 128 valence electrons. The normalized spacial score (nSPS) is 17.2. The molecule has 1 aromatic carbocycles. The van der Waals surface area contributed by atoms with Gasteiger partial charge in [-0.1, -0.05) is 49.8 Å². The third-order valence-corrected chi connectivity index (χ3v) is 5.91. The van der Waals surface area contributed by atoms with E-state index in [4.69, 9.17) is 0 Å². The van der Waals surface area contributed by atoms with E-state index in [0.29, 0.717) is 12.4 Å². The van der Waals surface area contributed by atoms with Crippen molar-refractivity contribution in [2.24, 2.45) is 10.9 Å². The molecule has 1 aromatic rings. The van der Waals surface area contributed by atoms with E-state index >= 15 is 0 Å². The fraction of sp³-hybridized carbons (Fsp3) is 0.611. The second kappa shape index (κ2) is 8.48. The fourth-order valence-electron chi connectivity index (χ4n) is 3.11. The van der Waals surface area contributed by atoms with E-state index in [9.17, 15) is 8.42 Å². The van der Waals surface area contributed by atoms with Crippen LogP contribution in [0.15, 0.2) is 34.2 Å². The number of hydrogen-bond donors (Lipinski definition) is 1. The number of nitrogens with one attached hydrogen (secondary N) is 1. The van der Waals surface area contributed by atoms with Crippen molar-refractivity contribution < 1.29 is 8.42 Å². The first-order valence-electron chi connectivity index (χ1n) is 8.58. The van der Waals surface area contributed by atoms with Crippen LogP contribution in [-0.4, -0.2) is 20.8 Å². The van der Waals surface area contributed by atoms with E-state index < -0.39 is 10.0 Å². The minimum atomic E-state index is -3.51. The van der Waals surface area contributed by atoms with Gasteiger partial charge in [-0.3, -0.25) is 9.71 Å². The summed E-state index contributed by atoms with van der Waals surface area (Å²) in [6.07, 6.45) is 9.06. The van der Waals surface area contributed by atoms with Crippen molar-refractivity contribution in [1.29, 1.82) is 0 Å². The van der Waals surface area contributed by atoms with Crippen molar-refractivity contribution in [3.8, 4) is 0 Å². The first-order chi connectivity index (χ1) is 11.0. The maximum atomic E-state index is 12.2. The number of aliphatic imine (C=N–C) groups is 1. The molecule has 1 saturated carbocycles. The molecule has 5 heteroatoms. The van der Waals surface area contributed by atoms with E-state index in [1.165, 1.54) is 38.5 Å². The molecule has 0 unspecified atom stereocenters. The van der Waals surface area contributed by atoms with Gasteiger partial charge in [0, 0.05) is 6.54 Å². The Bertz CT molecular complexity index is 615. The molecular weight excluding hydrogens is 308 g/mol. The van der Waals surface area contributed by atoms with Gasteiger partial charge in [-0.25, -0.2) is 8.42 Å². The molecule has 0 aliphatic heterocycles. The SMILES string of the molecule is CC(=NCCCC1CCCCC1)NS(=O)(=O)c1ccc(C)cc1. The minimum absolute atomic E-state index is 0.278. The van der Waals surface area contributed by atoms with Crippen molar-refractivity contribution in [1.82, 2.24) is 4.72 Å². The molecule has 0 atom stereocenters. The minimum Gasteiger partial charge on any atom is -0.272 e. The maximum Gasteiger partial charge on any atom is 0.262 e. The zero-order valence-electron chi connectivity index (χ0n) is 14.2. The molecule has 1 aliphatic carbocycles. The predicted molar refractivity (Wildman–Crippen MR) is 95.3 cm³/mol. The number of hydrogen-bond acceptors (Lipinski definition) is 3. The molecule has 0 aromatic heterocycles. The Kier molecular flexibility index (Phi) is 6.63. The average molecular weight is 337 g/mol. The fourth-order valence-corrected chi connectivity index (χ4v) is 4.17. The van der Waals surface area contributed by atoms with Crippen molar-refractivity contribution >= 4 is 15.9 Å². The average Bonchev–Trinajstić information content (AvgIpc) is 2.52. The summed E-state index contributed by atoms with van der Waals surface area (Å²) in [7, 11) is -3.51. The van der Waals surface area contributed by atoms with E-state index in [1.54, 1.807) is 31.2 Å². The van der Waals surface area contributed by atoms with E-state index in [1.807, 2.05) is 6.92 Å². The molecule has 1 aliphatic rings. The molecule has 0 amide bonds. The zero-order valence-corrected chi connectivity index (χ0v) is 15.0. The van der Waals surface area contributed by atoms with Crippen molar-refractivity contribution in [2.45, 2.75) is 63.7 Å². The van der Waals surface area contributed by atoms with Gasteiger partial charge in [0.05, 0.1) is 4.90 Å². The summed E-state index contributed by atoms with van der Waals surface area (Å²) in [5, 5.41) is 0. The highest BCUT2D eigenvalue weighted by Gasteiger charge is 2.14. The lowest BCUT2D eigenvalue weighted by atomic mass is 9.86. The molecule has 0 spiro atoms. The number of sulfonamides is 1. The van der Waals surface area contributed by atoms with Crippen LogP contribution >= 0.6 is 0 Å². The molecule has 0 bridgehead atoms. The van der Waals surface area contributed by atoms with Crippen LogP contribution in [0.4, 0.5) is 0 Å². The first kappa shape index (κ1) is 18.0. The third-order valence-electron chi connectivity index (χ3n) is 4.46. The van der Waals surface area contributed by atoms with Gasteiger partial charge >= 0.3 is 0 Å². The van der Waals surface area contributed by atoms with Gasteiger partial charge in [0.1, 0.15) is 5.84 Å². The number of nitrogens with zero attached hydrogens (tertiary/aromatic N) is 1. The largest absolute Gasteiger partial charge is 0.272 e. The van der Waals surface area contributed by atoms with E-state index in [-0.39, 0.29) is 4.90 Å².